The molecule has 2 aromatic heterocycles. The number of pyridine rings is 1. The topological polar surface area (TPSA) is 17.3 Å². The average molecular weight is 593 g/mol. The van der Waals surface area contributed by atoms with E-state index in [4.69, 9.17) is 4.98 Å². The zero-order chi connectivity index (χ0) is 31.5. The number of para-hydroxylation sites is 1. The predicted molar refractivity (Wildman–Crippen MR) is 196 cm³/mol. The fourth-order valence-corrected chi connectivity index (χ4v) is 7.30. The number of nitrogens with zero attached hydrogens (tertiary/aromatic N) is 2. The third-order valence-electron chi connectivity index (χ3n) is 9.43. The van der Waals surface area contributed by atoms with Gasteiger partial charge in [-0.05, 0) is 103 Å². The van der Waals surface area contributed by atoms with Crippen molar-refractivity contribution in [3.8, 4) is 44.6 Å². The smallest absolute Gasteiger partial charge is 0.145 e. The number of rotatable bonds is 4. The van der Waals surface area contributed by atoms with E-state index in [1.54, 1.807) is 0 Å². The van der Waals surface area contributed by atoms with Crippen LogP contribution < -0.4 is 0 Å². The zero-order valence-corrected chi connectivity index (χ0v) is 27.0. The van der Waals surface area contributed by atoms with Crippen LogP contribution in [-0.4, -0.2) is 9.38 Å². The lowest BCUT2D eigenvalue weighted by Crippen LogP contribution is -1.98. The number of aromatic nitrogens is 2. The highest BCUT2D eigenvalue weighted by molar-refractivity contribution is 6.18. The number of fused-ring (bicyclic) bond motifs is 6. The molecule has 2 heteroatoms. The second kappa shape index (κ2) is 10.9. The lowest BCUT2D eigenvalue weighted by Gasteiger charge is -2.17. The van der Waals surface area contributed by atoms with E-state index >= 15 is 0 Å². The summed E-state index contributed by atoms with van der Waals surface area (Å²) < 4.78 is 2.37. The van der Waals surface area contributed by atoms with Crippen molar-refractivity contribution < 1.29 is 0 Å². The minimum absolute atomic E-state index is 0.985. The molecular weight excluding hydrogens is 556 g/mol. The molecule has 0 saturated heterocycles. The summed E-state index contributed by atoms with van der Waals surface area (Å²) in [6, 6.07) is 44.8. The van der Waals surface area contributed by atoms with Crippen LogP contribution in [0.1, 0.15) is 27.8 Å². The van der Waals surface area contributed by atoms with Crippen molar-refractivity contribution in [1.82, 2.24) is 9.38 Å². The molecule has 0 saturated carbocycles. The first-order valence-electron chi connectivity index (χ1n) is 16.0. The Labute approximate surface area is 270 Å². The van der Waals surface area contributed by atoms with Crippen LogP contribution in [0.15, 0.2) is 128 Å². The van der Waals surface area contributed by atoms with Gasteiger partial charge in [-0.25, -0.2) is 4.98 Å². The number of imidazole rings is 1. The first kappa shape index (κ1) is 28.0. The molecule has 0 aliphatic rings. The molecule has 8 aromatic rings. The van der Waals surface area contributed by atoms with Crippen molar-refractivity contribution >= 4 is 27.3 Å². The van der Waals surface area contributed by atoms with Crippen LogP contribution in [0.5, 0.6) is 0 Å². The van der Waals surface area contributed by atoms with E-state index in [1.807, 2.05) is 0 Å². The Morgan fingerprint density at radius 1 is 0.478 bits per heavy atom. The fourth-order valence-electron chi connectivity index (χ4n) is 7.30. The van der Waals surface area contributed by atoms with E-state index in [1.165, 1.54) is 77.5 Å². The van der Waals surface area contributed by atoms with Gasteiger partial charge < -0.3 is 0 Å². The van der Waals surface area contributed by atoms with E-state index in [0.29, 0.717) is 0 Å². The molecule has 2 heterocycles. The van der Waals surface area contributed by atoms with Gasteiger partial charge in [0, 0.05) is 21.7 Å². The molecule has 8 rings (SSSR count). The lowest BCUT2D eigenvalue weighted by atomic mass is 9.90. The number of hydrogen-bond donors (Lipinski definition) is 0. The summed E-state index contributed by atoms with van der Waals surface area (Å²) in [5.74, 6) is 0. The summed E-state index contributed by atoms with van der Waals surface area (Å²) in [6.07, 6.45) is 2.06. The molecule has 0 N–H and O–H groups in total. The highest BCUT2D eigenvalue weighted by atomic mass is 15.0. The number of hydrogen-bond acceptors (Lipinski definition) is 1. The third-order valence-corrected chi connectivity index (χ3v) is 9.43. The summed E-state index contributed by atoms with van der Waals surface area (Å²) in [7, 11) is 0. The molecule has 0 amide bonds. The largest absolute Gasteiger partial charge is 0.292 e. The van der Waals surface area contributed by atoms with Crippen LogP contribution in [0.3, 0.4) is 0 Å². The van der Waals surface area contributed by atoms with Gasteiger partial charge in [0.05, 0.1) is 17.4 Å². The van der Waals surface area contributed by atoms with Gasteiger partial charge in [0.1, 0.15) is 5.65 Å². The van der Waals surface area contributed by atoms with Gasteiger partial charge in [-0.1, -0.05) is 114 Å². The Balaban J connectivity index is 1.44. The van der Waals surface area contributed by atoms with E-state index < -0.39 is 0 Å². The minimum Gasteiger partial charge on any atom is -0.292 e. The molecule has 0 unspecified atom stereocenters. The van der Waals surface area contributed by atoms with Gasteiger partial charge in [0.2, 0.25) is 0 Å². The Hall–Kier alpha value is -5.47. The Morgan fingerprint density at radius 3 is 1.67 bits per heavy atom. The van der Waals surface area contributed by atoms with Crippen LogP contribution in [-0.2, 0) is 0 Å². The molecule has 0 atom stereocenters. The number of aryl methyl sites for hydroxylation is 5. The molecule has 0 aliphatic carbocycles. The van der Waals surface area contributed by atoms with Gasteiger partial charge >= 0.3 is 0 Å². The Morgan fingerprint density at radius 2 is 1.04 bits per heavy atom. The normalized spacial score (nSPS) is 11.6. The van der Waals surface area contributed by atoms with Gasteiger partial charge in [0.15, 0.2) is 0 Å². The fraction of sp³-hybridized carbons (Fsp3) is 0.114. The van der Waals surface area contributed by atoms with Crippen molar-refractivity contribution in [1.29, 1.82) is 0 Å². The Bertz CT molecular complexity index is 2350. The van der Waals surface area contributed by atoms with E-state index in [2.05, 4.69) is 167 Å². The Kier molecular flexibility index (Phi) is 6.62. The second-order valence-corrected chi connectivity index (χ2v) is 12.9. The van der Waals surface area contributed by atoms with E-state index in [-0.39, 0.29) is 0 Å². The van der Waals surface area contributed by atoms with Crippen LogP contribution in [0.25, 0.3) is 72.0 Å². The van der Waals surface area contributed by atoms with Crippen LogP contribution in [0.4, 0.5) is 0 Å². The summed E-state index contributed by atoms with van der Waals surface area (Å²) >= 11 is 0. The van der Waals surface area contributed by atoms with Crippen LogP contribution in [0.2, 0.25) is 0 Å². The SMILES string of the molecule is Cc1ccc(-c2cc(-c3ccc(C)cc3)cc(-c3cccc4c3c3ccccc3n3c(-c5c(C)cc(C)cc5C)cnc43)c2)cc1. The van der Waals surface area contributed by atoms with Crippen molar-refractivity contribution in [2.75, 3.05) is 0 Å². The van der Waals surface area contributed by atoms with Gasteiger partial charge in [-0.2, -0.15) is 0 Å². The molecule has 0 bridgehead atoms. The molecule has 0 aliphatic heterocycles. The monoisotopic (exact) mass is 592 g/mol. The first-order chi connectivity index (χ1) is 22.4. The van der Waals surface area contributed by atoms with Gasteiger partial charge in [0.25, 0.3) is 0 Å². The molecular formula is C44H36N2. The van der Waals surface area contributed by atoms with Gasteiger partial charge in [-0.15, -0.1) is 0 Å². The summed E-state index contributed by atoms with van der Waals surface area (Å²) in [4.78, 5) is 5.12. The summed E-state index contributed by atoms with van der Waals surface area (Å²) in [6.45, 7) is 10.9. The zero-order valence-electron chi connectivity index (χ0n) is 27.0. The summed E-state index contributed by atoms with van der Waals surface area (Å²) in [5.41, 5.74) is 18.2. The maximum absolute atomic E-state index is 5.12. The molecule has 222 valence electrons. The van der Waals surface area contributed by atoms with E-state index in [9.17, 15) is 0 Å². The molecule has 0 radical (unpaired) electrons. The van der Waals surface area contributed by atoms with Gasteiger partial charge in [-0.3, -0.25) is 4.40 Å². The average Bonchev–Trinajstić information content (AvgIpc) is 3.50. The van der Waals surface area contributed by atoms with Crippen molar-refractivity contribution in [3.05, 3.63) is 155 Å². The summed E-state index contributed by atoms with van der Waals surface area (Å²) in [5, 5.41) is 3.61. The molecule has 6 aromatic carbocycles. The maximum atomic E-state index is 5.12. The maximum Gasteiger partial charge on any atom is 0.145 e. The molecule has 2 nitrogen and oxygen atoms in total. The number of benzene rings is 6. The predicted octanol–water partition coefficient (Wildman–Crippen LogP) is 11.9. The van der Waals surface area contributed by atoms with Crippen molar-refractivity contribution in [2.24, 2.45) is 0 Å². The third kappa shape index (κ3) is 4.61. The van der Waals surface area contributed by atoms with Crippen molar-refractivity contribution in [2.45, 2.75) is 34.6 Å². The standard InChI is InChI=1S/C44H36N2/c1-27-13-17-32(18-14-27)34-23-35(33-19-15-28(2)16-20-33)25-36(24-34)37-10-8-11-39-43(37)38-9-6-7-12-40(38)46-41(26-45-44(39)46)42-30(4)21-29(3)22-31(42)5/h6-26H,1-5H3. The van der Waals surface area contributed by atoms with Crippen LogP contribution in [0, 0.1) is 34.6 Å². The van der Waals surface area contributed by atoms with Crippen molar-refractivity contribution in [3.63, 3.8) is 0 Å². The second-order valence-electron chi connectivity index (χ2n) is 12.9. The molecule has 0 spiro atoms. The van der Waals surface area contributed by atoms with E-state index in [0.717, 1.165) is 22.2 Å². The lowest BCUT2D eigenvalue weighted by molar-refractivity contribution is 1.24. The highest BCUT2D eigenvalue weighted by Crippen LogP contribution is 2.41. The van der Waals surface area contributed by atoms with Crippen LogP contribution >= 0.6 is 0 Å². The quantitative estimate of drug-likeness (QED) is 0.186. The first-order valence-corrected chi connectivity index (χ1v) is 16.0. The highest BCUT2D eigenvalue weighted by Gasteiger charge is 2.19. The molecule has 0 fully saturated rings. The minimum atomic E-state index is 0.985. The molecule has 46 heavy (non-hydrogen) atoms.